The fourth-order valence-electron chi connectivity index (χ4n) is 2.49. The lowest BCUT2D eigenvalue weighted by molar-refractivity contribution is 0.489. The number of hydrogen-bond donors (Lipinski definition) is 1. The van der Waals surface area contributed by atoms with Crippen molar-refractivity contribution in [2.75, 3.05) is 6.54 Å². The summed E-state index contributed by atoms with van der Waals surface area (Å²) in [4.78, 5) is 4.60. The van der Waals surface area contributed by atoms with Gasteiger partial charge in [-0.15, -0.1) is 0 Å². The lowest BCUT2D eigenvalue weighted by Gasteiger charge is -2.18. The van der Waals surface area contributed by atoms with Crippen molar-refractivity contribution in [3.05, 3.63) is 0 Å². The maximum absolute atomic E-state index is 4.60. The highest BCUT2D eigenvalue weighted by Crippen LogP contribution is 2.28. The van der Waals surface area contributed by atoms with E-state index in [9.17, 15) is 0 Å². The number of amidine groups is 1. The van der Waals surface area contributed by atoms with Crippen LogP contribution >= 0.6 is 11.8 Å². The van der Waals surface area contributed by atoms with Gasteiger partial charge in [-0.2, -0.15) is 0 Å². The van der Waals surface area contributed by atoms with E-state index in [2.05, 4.69) is 24.2 Å². The van der Waals surface area contributed by atoms with Gasteiger partial charge in [0, 0.05) is 11.3 Å². The Kier molecular flexibility index (Phi) is 3.95. The topological polar surface area (TPSA) is 24.4 Å². The Morgan fingerprint density at radius 2 is 2.33 bits per heavy atom. The van der Waals surface area contributed by atoms with Crippen LogP contribution in [0.4, 0.5) is 0 Å². The monoisotopic (exact) mass is 226 g/mol. The van der Waals surface area contributed by atoms with Gasteiger partial charge in [-0.25, -0.2) is 0 Å². The first-order valence-electron chi connectivity index (χ1n) is 6.27. The molecule has 3 unspecified atom stereocenters. The van der Waals surface area contributed by atoms with Crippen molar-refractivity contribution >= 4 is 16.9 Å². The van der Waals surface area contributed by atoms with Crippen LogP contribution < -0.4 is 5.32 Å². The molecule has 3 atom stereocenters. The van der Waals surface area contributed by atoms with Crippen LogP contribution in [0.5, 0.6) is 0 Å². The van der Waals surface area contributed by atoms with Gasteiger partial charge in [-0.3, -0.25) is 4.99 Å². The van der Waals surface area contributed by atoms with Gasteiger partial charge in [-0.05, 0) is 25.2 Å². The lowest BCUT2D eigenvalue weighted by atomic mass is 10.1. The number of thioether (sulfide) groups is 1. The Bertz CT molecular complexity index is 240. The van der Waals surface area contributed by atoms with Crippen LogP contribution in [0, 0.1) is 5.92 Å². The zero-order valence-corrected chi connectivity index (χ0v) is 10.6. The van der Waals surface area contributed by atoms with Crippen molar-refractivity contribution in [3.8, 4) is 0 Å². The fraction of sp³-hybridized carbons (Fsp3) is 0.917. The summed E-state index contributed by atoms with van der Waals surface area (Å²) in [5.41, 5.74) is 0. The van der Waals surface area contributed by atoms with Crippen LogP contribution in [0.2, 0.25) is 0 Å². The minimum Gasteiger partial charge on any atom is -0.362 e. The molecule has 86 valence electrons. The Morgan fingerprint density at radius 3 is 3.00 bits per heavy atom. The van der Waals surface area contributed by atoms with E-state index >= 15 is 0 Å². The molecule has 0 radical (unpaired) electrons. The molecule has 1 aliphatic heterocycles. The van der Waals surface area contributed by atoms with Crippen LogP contribution in [0.3, 0.4) is 0 Å². The first-order chi connectivity index (χ1) is 7.29. The Morgan fingerprint density at radius 1 is 1.47 bits per heavy atom. The highest BCUT2D eigenvalue weighted by molar-refractivity contribution is 8.14. The van der Waals surface area contributed by atoms with Crippen molar-refractivity contribution in [2.45, 2.75) is 57.2 Å². The number of rotatable bonds is 3. The molecule has 0 aromatic heterocycles. The van der Waals surface area contributed by atoms with Crippen LogP contribution in [0.15, 0.2) is 4.99 Å². The molecule has 2 aliphatic rings. The molecule has 0 bridgehead atoms. The number of aliphatic imine (C=N–C) groups is 1. The SMILES string of the molecule is CCCC1CN=C(NC2CCCC2C)S1. The van der Waals surface area contributed by atoms with Crippen LogP contribution in [-0.4, -0.2) is 23.0 Å². The molecule has 0 spiro atoms. The van der Waals surface area contributed by atoms with Crippen molar-refractivity contribution in [2.24, 2.45) is 10.9 Å². The summed E-state index contributed by atoms with van der Waals surface area (Å²) in [5.74, 6) is 0.832. The number of nitrogens with one attached hydrogen (secondary N) is 1. The van der Waals surface area contributed by atoms with E-state index in [-0.39, 0.29) is 0 Å². The van der Waals surface area contributed by atoms with Crippen molar-refractivity contribution < 1.29 is 0 Å². The normalized spacial score (nSPS) is 35.6. The summed E-state index contributed by atoms with van der Waals surface area (Å²) >= 11 is 1.96. The van der Waals surface area contributed by atoms with E-state index in [0.717, 1.165) is 17.7 Å². The lowest BCUT2D eigenvalue weighted by Crippen LogP contribution is -2.34. The minimum atomic E-state index is 0.691. The molecule has 0 aromatic carbocycles. The minimum absolute atomic E-state index is 0.691. The average molecular weight is 226 g/mol. The van der Waals surface area contributed by atoms with E-state index in [1.807, 2.05) is 11.8 Å². The molecule has 1 N–H and O–H groups in total. The molecule has 0 amide bonds. The van der Waals surface area contributed by atoms with E-state index < -0.39 is 0 Å². The average Bonchev–Trinajstić information content (AvgIpc) is 2.79. The van der Waals surface area contributed by atoms with Crippen LogP contribution in [0.25, 0.3) is 0 Å². The van der Waals surface area contributed by atoms with Gasteiger partial charge in [0.05, 0.1) is 6.54 Å². The summed E-state index contributed by atoms with van der Waals surface area (Å²) in [6.07, 6.45) is 6.68. The summed E-state index contributed by atoms with van der Waals surface area (Å²) in [6, 6.07) is 0.691. The second kappa shape index (κ2) is 5.24. The fourth-order valence-corrected chi connectivity index (χ4v) is 3.67. The molecular formula is C12H22N2S. The maximum Gasteiger partial charge on any atom is 0.157 e. The molecule has 3 heteroatoms. The van der Waals surface area contributed by atoms with E-state index in [1.54, 1.807) is 0 Å². The molecule has 1 aliphatic carbocycles. The molecule has 2 rings (SSSR count). The first kappa shape index (κ1) is 11.3. The standard InChI is InChI=1S/C12H22N2S/c1-3-5-10-8-13-12(15-10)14-11-7-4-6-9(11)2/h9-11H,3-8H2,1-2H3,(H,13,14). The number of hydrogen-bond acceptors (Lipinski definition) is 3. The van der Waals surface area contributed by atoms with Gasteiger partial charge in [-0.1, -0.05) is 38.5 Å². The van der Waals surface area contributed by atoms with Gasteiger partial charge in [0.1, 0.15) is 0 Å². The van der Waals surface area contributed by atoms with Gasteiger partial charge in [0.25, 0.3) is 0 Å². The predicted molar refractivity (Wildman–Crippen MR) is 68.5 cm³/mol. The van der Waals surface area contributed by atoms with E-state index in [0.29, 0.717) is 6.04 Å². The Labute approximate surface area is 97.3 Å². The molecule has 0 aromatic rings. The predicted octanol–water partition coefficient (Wildman–Crippen LogP) is 3.04. The second-order valence-corrected chi connectivity index (χ2v) is 6.12. The smallest absolute Gasteiger partial charge is 0.157 e. The second-order valence-electron chi connectivity index (χ2n) is 4.83. The van der Waals surface area contributed by atoms with Gasteiger partial charge < -0.3 is 5.32 Å². The third-order valence-corrected chi connectivity index (χ3v) is 4.69. The summed E-state index contributed by atoms with van der Waals surface area (Å²) in [6.45, 7) is 5.64. The van der Waals surface area contributed by atoms with Crippen molar-refractivity contribution in [1.29, 1.82) is 0 Å². The molecule has 2 nitrogen and oxygen atoms in total. The molecule has 1 heterocycles. The van der Waals surface area contributed by atoms with Crippen molar-refractivity contribution in [3.63, 3.8) is 0 Å². The molecule has 0 saturated heterocycles. The molecular weight excluding hydrogens is 204 g/mol. The largest absolute Gasteiger partial charge is 0.362 e. The van der Waals surface area contributed by atoms with Crippen molar-refractivity contribution in [1.82, 2.24) is 5.32 Å². The first-order valence-corrected chi connectivity index (χ1v) is 7.15. The quantitative estimate of drug-likeness (QED) is 0.800. The summed E-state index contributed by atoms with van der Waals surface area (Å²) in [7, 11) is 0. The maximum atomic E-state index is 4.60. The highest BCUT2D eigenvalue weighted by atomic mass is 32.2. The highest BCUT2D eigenvalue weighted by Gasteiger charge is 2.26. The third kappa shape index (κ3) is 2.90. The van der Waals surface area contributed by atoms with Crippen LogP contribution in [0.1, 0.15) is 46.0 Å². The molecule has 1 fully saturated rings. The van der Waals surface area contributed by atoms with Crippen LogP contribution in [-0.2, 0) is 0 Å². The van der Waals surface area contributed by atoms with E-state index in [1.165, 1.54) is 37.3 Å². The van der Waals surface area contributed by atoms with Gasteiger partial charge in [0.15, 0.2) is 5.17 Å². The molecule has 15 heavy (non-hydrogen) atoms. The Balaban J connectivity index is 1.76. The van der Waals surface area contributed by atoms with Gasteiger partial charge >= 0.3 is 0 Å². The summed E-state index contributed by atoms with van der Waals surface area (Å²) in [5, 5.41) is 5.59. The Hall–Kier alpha value is -0.180. The summed E-state index contributed by atoms with van der Waals surface area (Å²) < 4.78 is 0. The number of nitrogens with zero attached hydrogens (tertiary/aromatic N) is 1. The third-order valence-electron chi connectivity index (χ3n) is 3.50. The van der Waals surface area contributed by atoms with Gasteiger partial charge in [0.2, 0.25) is 0 Å². The van der Waals surface area contributed by atoms with E-state index in [4.69, 9.17) is 0 Å². The zero-order valence-electron chi connectivity index (χ0n) is 9.83. The zero-order chi connectivity index (χ0) is 10.7. The molecule has 1 saturated carbocycles.